The van der Waals surface area contributed by atoms with Crippen LogP contribution in [-0.2, 0) is 4.74 Å². The lowest BCUT2D eigenvalue weighted by molar-refractivity contribution is 0.0374. The monoisotopic (exact) mass is 357 g/mol. The van der Waals surface area contributed by atoms with Gasteiger partial charge in [0.15, 0.2) is 5.69 Å². The van der Waals surface area contributed by atoms with Crippen molar-refractivity contribution in [3.8, 4) is 0 Å². The summed E-state index contributed by atoms with van der Waals surface area (Å²) in [5, 5.41) is 11.1. The van der Waals surface area contributed by atoms with Crippen LogP contribution >= 0.6 is 0 Å². The van der Waals surface area contributed by atoms with Gasteiger partial charge in [-0.25, -0.2) is 4.68 Å². The van der Waals surface area contributed by atoms with Crippen molar-refractivity contribution in [1.82, 2.24) is 25.2 Å². The van der Waals surface area contributed by atoms with Crippen molar-refractivity contribution >= 4 is 5.91 Å². The molecule has 1 saturated heterocycles. The predicted molar refractivity (Wildman–Crippen MR) is 99.2 cm³/mol. The molecule has 0 spiro atoms. The Labute approximate surface area is 154 Å². The third-order valence-corrected chi connectivity index (χ3v) is 4.74. The predicted octanol–water partition coefficient (Wildman–Crippen LogP) is 1.65. The second-order valence-corrected chi connectivity index (χ2v) is 6.73. The standard InChI is InChI=1S/C19H27N5O2/c1-15-4-6-17(7-5-15)16(2)24-14-18(21-22-24)19(25)20-8-3-9-23-10-12-26-13-11-23/h4-7,14,16H,3,8-13H2,1-2H3,(H,20,25)/t16-/m0/s1. The average molecular weight is 357 g/mol. The number of carbonyl (C=O) groups is 1. The van der Waals surface area contributed by atoms with Crippen LogP contribution in [0.1, 0.15) is 41.0 Å². The fraction of sp³-hybridized carbons (Fsp3) is 0.526. The molecule has 140 valence electrons. The third kappa shape index (κ3) is 4.89. The number of carbonyl (C=O) groups excluding carboxylic acids is 1. The van der Waals surface area contributed by atoms with Crippen LogP contribution < -0.4 is 5.32 Å². The van der Waals surface area contributed by atoms with Gasteiger partial charge in [-0.2, -0.15) is 0 Å². The minimum absolute atomic E-state index is 0.0333. The summed E-state index contributed by atoms with van der Waals surface area (Å²) in [6, 6.07) is 8.33. The van der Waals surface area contributed by atoms with Crippen LogP contribution in [0.15, 0.2) is 30.5 Å². The van der Waals surface area contributed by atoms with E-state index in [1.165, 1.54) is 5.56 Å². The molecule has 0 radical (unpaired) electrons. The topological polar surface area (TPSA) is 72.3 Å². The molecule has 0 bridgehead atoms. The van der Waals surface area contributed by atoms with Crippen LogP contribution in [0, 0.1) is 6.92 Å². The molecule has 1 aliphatic heterocycles. The fourth-order valence-electron chi connectivity index (χ4n) is 2.99. The minimum atomic E-state index is -0.172. The molecule has 26 heavy (non-hydrogen) atoms. The summed E-state index contributed by atoms with van der Waals surface area (Å²) >= 11 is 0. The first-order valence-electron chi connectivity index (χ1n) is 9.20. The maximum Gasteiger partial charge on any atom is 0.273 e. The summed E-state index contributed by atoms with van der Waals surface area (Å²) in [6.07, 6.45) is 2.63. The van der Waals surface area contributed by atoms with Crippen molar-refractivity contribution in [3.05, 3.63) is 47.3 Å². The Hall–Kier alpha value is -2.25. The first kappa shape index (κ1) is 18.5. The molecular formula is C19H27N5O2. The van der Waals surface area contributed by atoms with Gasteiger partial charge in [-0.1, -0.05) is 35.0 Å². The molecule has 1 amide bonds. The summed E-state index contributed by atoms with van der Waals surface area (Å²) in [6.45, 7) is 9.26. The molecule has 0 saturated carbocycles. The zero-order chi connectivity index (χ0) is 18.4. The fourth-order valence-corrected chi connectivity index (χ4v) is 2.99. The molecular weight excluding hydrogens is 330 g/mol. The number of ether oxygens (including phenoxy) is 1. The summed E-state index contributed by atoms with van der Waals surface area (Å²) in [5.74, 6) is -0.172. The number of aromatic nitrogens is 3. The van der Waals surface area contributed by atoms with Gasteiger partial charge in [-0.15, -0.1) is 5.10 Å². The van der Waals surface area contributed by atoms with Gasteiger partial charge in [0.2, 0.25) is 0 Å². The van der Waals surface area contributed by atoms with Gasteiger partial charge >= 0.3 is 0 Å². The molecule has 1 N–H and O–H groups in total. The molecule has 1 atom stereocenters. The van der Waals surface area contributed by atoms with Crippen LogP contribution in [0.2, 0.25) is 0 Å². The summed E-state index contributed by atoms with van der Waals surface area (Å²) in [5.41, 5.74) is 2.71. The van der Waals surface area contributed by atoms with E-state index >= 15 is 0 Å². The van der Waals surface area contributed by atoms with Crippen LogP contribution in [0.25, 0.3) is 0 Å². The number of benzene rings is 1. The number of morpholine rings is 1. The maximum absolute atomic E-state index is 12.3. The smallest absolute Gasteiger partial charge is 0.273 e. The summed E-state index contributed by atoms with van der Waals surface area (Å²) in [4.78, 5) is 14.6. The van der Waals surface area contributed by atoms with E-state index in [2.05, 4.69) is 51.7 Å². The number of rotatable bonds is 7. The number of aryl methyl sites for hydroxylation is 1. The van der Waals surface area contributed by atoms with Crippen LogP contribution in [0.3, 0.4) is 0 Å². The highest BCUT2D eigenvalue weighted by atomic mass is 16.5. The minimum Gasteiger partial charge on any atom is -0.379 e. The highest BCUT2D eigenvalue weighted by Crippen LogP contribution is 2.17. The Kier molecular flexibility index (Phi) is 6.35. The summed E-state index contributed by atoms with van der Waals surface area (Å²) < 4.78 is 7.06. The van der Waals surface area contributed by atoms with E-state index in [1.807, 2.05) is 6.92 Å². The van der Waals surface area contributed by atoms with Crippen molar-refractivity contribution in [1.29, 1.82) is 0 Å². The largest absolute Gasteiger partial charge is 0.379 e. The molecule has 7 nitrogen and oxygen atoms in total. The van der Waals surface area contributed by atoms with E-state index in [0.717, 1.165) is 44.8 Å². The molecule has 3 rings (SSSR count). The molecule has 1 aliphatic rings. The Morgan fingerprint density at radius 2 is 2.00 bits per heavy atom. The van der Waals surface area contributed by atoms with Crippen LogP contribution in [0.5, 0.6) is 0 Å². The molecule has 0 aliphatic carbocycles. The lowest BCUT2D eigenvalue weighted by Crippen LogP contribution is -2.38. The van der Waals surface area contributed by atoms with Crippen molar-refractivity contribution < 1.29 is 9.53 Å². The molecule has 2 heterocycles. The lowest BCUT2D eigenvalue weighted by atomic mass is 10.1. The molecule has 1 aromatic carbocycles. The first-order chi connectivity index (χ1) is 12.6. The van der Waals surface area contributed by atoms with E-state index in [-0.39, 0.29) is 11.9 Å². The van der Waals surface area contributed by atoms with Gasteiger partial charge < -0.3 is 10.1 Å². The van der Waals surface area contributed by atoms with Gasteiger partial charge in [0, 0.05) is 19.6 Å². The quantitative estimate of drug-likeness (QED) is 0.763. The van der Waals surface area contributed by atoms with Crippen LogP contribution in [-0.4, -0.2) is 65.2 Å². The van der Waals surface area contributed by atoms with Crippen molar-refractivity contribution in [2.75, 3.05) is 39.4 Å². The SMILES string of the molecule is Cc1ccc([C@H](C)n2cc(C(=O)NCCCN3CCOCC3)nn2)cc1. The highest BCUT2D eigenvalue weighted by Gasteiger charge is 2.15. The Morgan fingerprint density at radius 1 is 1.27 bits per heavy atom. The third-order valence-electron chi connectivity index (χ3n) is 4.74. The van der Waals surface area contributed by atoms with Crippen molar-refractivity contribution in [3.63, 3.8) is 0 Å². The number of hydrogen-bond donors (Lipinski definition) is 1. The number of hydrogen-bond acceptors (Lipinski definition) is 5. The van der Waals surface area contributed by atoms with Gasteiger partial charge in [0.25, 0.3) is 5.91 Å². The second kappa shape index (κ2) is 8.91. The molecule has 0 unspecified atom stereocenters. The van der Waals surface area contributed by atoms with Gasteiger partial charge in [0.1, 0.15) is 0 Å². The molecule has 1 fully saturated rings. The zero-order valence-corrected chi connectivity index (χ0v) is 15.5. The van der Waals surface area contributed by atoms with Gasteiger partial charge in [-0.05, 0) is 32.4 Å². The number of nitrogens with zero attached hydrogens (tertiary/aromatic N) is 4. The van der Waals surface area contributed by atoms with Crippen molar-refractivity contribution in [2.24, 2.45) is 0 Å². The van der Waals surface area contributed by atoms with Gasteiger partial charge in [0.05, 0.1) is 25.5 Å². The van der Waals surface area contributed by atoms with Gasteiger partial charge in [-0.3, -0.25) is 9.69 Å². The number of nitrogens with one attached hydrogen (secondary N) is 1. The second-order valence-electron chi connectivity index (χ2n) is 6.73. The summed E-state index contributed by atoms with van der Waals surface area (Å²) in [7, 11) is 0. The van der Waals surface area contributed by atoms with Crippen molar-refractivity contribution in [2.45, 2.75) is 26.3 Å². The first-order valence-corrected chi connectivity index (χ1v) is 9.20. The maximum atomic E-state index is 12.3. The van der Waals surface area contributed by atoms with E-state index in [0.29, 0.717) is 12.2 Å². The lowest BCUT2D eigenvalue weighted by Gasteiger charge is -2.26. The van der Waals surface area contributed by atoms with E-state index in [1.54, 1.807) is 10.9 Å². The zero-order valence-electron chi connectivity index (χ0n) is 15.5. The molecule has 1 aromatic heterocycles. The molecule has 7 heteroatoms. The highest BCUT2D eigenvalue weighted by molar-refractivity contribution is 5.91. The Bertz CT molecular complexity index is 707. The normalized spacial score (nSPS) is 16.4. The Balaban J connectivity index is 1.47. The molecule has 2 aromatic rings. The van der Waals surface area contributed by atoms with E-state index < -0.39 is 0 Å². The average Bonchev–Trinajstić information content (AvgIpc) is 3.16. The van der Waals surface area contributed by atoms with E-state index in [4.69, 9.17) is 4.74 Å². The Morgan fingerprint density at radius 3 is 2.73 bits per heavy atom. The van der Waals surface area contributed by atoms with Crippen LogP contribution in [0.4, 0.5) is 0 Å². The van der Waals surface area contributed by atoms with E-state index in [9.17, 15) is 4.79 Å². The number of amides is 1.